The van der Waals surface area contributed by atoms with Crippen LogP contribution in [0.3, 0.4) is 0 Å². The lowest BCUT2D eigenvalue weighted by molar-refractivity contribution is 0.101. The molecule has 0 radical (unpaired) electrons. The van der Waals surface area contributed by atoms with E-state index in [0.717, 1.165) is 11.5 Å². The fraction of sp³-hybridized carbons (Fsp3) is 0.0952. The molecule has 24 heavy (non-hydrogen) atoms. The number of rotatable bonds is 5. The van der Waals surface area contributed by atoms with Crippen molar-refractivity contribution in [2.24, 2.45) is 0 Å². The summed E-state index contributed by atoms with van der Waals surface area (Å²) in [6, 6.07) is 22.4. The van der Waals surface area contributed by atoms with Gasteiger partial charge in [-0.15, -0.1) is 0 Å². The minimum Gasteiger partial charge on any atom is -0.457 e. The highest BCUT2D eigenvalue weighted by Gasteiger charge is 2.02. The Labute approximate surface area is 141 Å². The Morgan fingerprint density at radius 2 is 0.958 bits per heavy atom. The van der Waals surface area contributed by atoms with E-state index in [0.29, 0.717) is 17.1 Å². The van der Waals surface area contributed by atoms with E-state index in [9.17, 15) is 4.79 Å². The first-order valence-corrected chi connectivity index (χ1v) is 7.73. The third kappa shape index (κ3) is 4.02. The molecule has 0 fully saturated rings. The number of carbonyl (C=O) groups excluding carboxylic acids is 1. The molecule has 3 aromatic carbocycles. The fourth-order valence-electron chi connectivity index (χ4n) is 2.21. The molecule has 3 rings (SSSR count). The first-order chi connectivity index (χ1) is 11.6. The van der Waals surface area contributed by atoms with Crippen molar-refractivity contribution >= 4 is 5.78 Å². The van der Waals surface area contributed by atoms with Crippen LogP contribution in [0.2, 0.25) is 0 Å². The van der Waals surface area contributed by atoms with Crippen molar-refractivity contribution < 1.29 is 14.3 Å². The van der Waals surface area contributed by atoms with E-state index in [2.05, 4.69) is 0 Å². The lowest BCUT2D eigenvalue weighted by atomic mass is 10.1. The Morgan fingerprint density at radius 3 is 1.33 bits per heavy atom. The average molecular weight is 318 g/mol. The number of hydrogen-bond acceptors (Lipinski definition) is 3. The zero-order valence-corrected chi connectivity index (χ0v) is 13.7. The number of Topliss-reactive ketones (excluding diaryl/α,β-unsaturated/α-hetero) is 1. The molecule has 0 bridgehead atoms. The third-order valence-corrected chi connectivity index (χ3v) is 3.58. The molecule has 120 valence electrons. The summed E-state index contributed by atoms with van der Waals surface area (Å²) in [4.78, 5) is 11.3. The van der Waals surface area contributed by atoms with Gasteiger partial charge in [0.1, 0.15) is 23.0 Å². The summed E-state index contributed by atoms with van der Waals surface area (Å²) in [5.41, 5.74) is 1.87. The third-order valence-electron chi connectivity index (χ3n) is 3.58. The number of ether oxygens (including phenoxy) is 2. The van der Waals surface area contributed by atoms with Crippen LogP contribution in [-0.2, 0) is 0 Å². The number of carbonyl (C=O) groups is 1. The first-order valence-electron chi connectivity index (χ1n) is 7.73. The molecule has 3 aromatic rings. The maximum atomic E-state index is 11.3. The minimum atomic E-state index is 0.0409. The smallest absolute Gasteiger partial charge is 0.159 e. The lowest BCUT2D eigenvalue weighted by Gasteiger charge is -2.09. The van der Waals surface area contributed by atoms with E-state index in [1.54, 1.807) is 31.2 Å². The van der Waals surface area contributed by atoms with Gasteiger partial charge in [-0.05, 0) is 74.5 Å². The topological polar surface area (TPSA) is 35.5 Å². The van der Waals surface area contributed by atoms with Crippen LogP contribution in [0.25, 0.3) is 0 Å². The van der Waals surface area contributed by atoms with Gasteiger partial charge in [-0.1, -0.05) is 17.7 Å². The van der Waals surface area contributed by atoms with Crippen LogP contribution >= 0.6 is 0 Å². The summed E-state index contributed by atoms with van der Waals surface area (Å²) in [6.07, 6.45) is 0. The van der Waals surface area contributed by atoms with Gasteiger partial charge >= 0.3 is 0 Å². The second-order valence-corrected chi connectivity index (χ2v) is 5.57. The molecule has 0 amide bonds. The Bertz CT molecular complexity index is 816. The molecule has 0 N–H and O–H groups in total. The monoisotopic (exact) mass is 318 g/mol. The van der Waals surface area contributed by atoms with Crippen molar-refractivity contribution in [3.63, 3.8) is 0 Å². The fourth-order valence-corrected chi connectivity index (χ4v) is 2.21. The maximum absolute atomic E-state index is 11.3. The number of benzene rings is 3. The molecule has 0 saturated carbocycles. The Kier molecular flexibility index (Phi) is 4.62. The average Bonchev–Trinajstić information content (AvgIpc) is 2.59. The number of hydrogen-bond donors (Lipinski definition) is 0. The van der Waals surface area contributed by atoms with Gasteiger partial charge in [-0.2, -0.15) is 0 Å². The summed E-state index contributed by atoms with van der Waals surface area (Å²) in [5, 5.41) is 0. The molecule has 0 aliphatic rings. The second-order valence-electron chi connectivity index (χ2n) is 5.57. The van der Waals surface area contributed by atoms with Crippen LogP contribution in [0.15, 0.2) is 72.8 Å². The van der Waals surface area contributed by atoms with E-state index in [1.165, 1.54) is 5.56 Å². The molecule has 3 heteroatoms. The highest BCUT2D eigenvalue weighted by Crippen LogP contribution is 2.27. The van der Waals surface area contributed by atoms with Crippen molar-refractivity contribution in [1.82, 2.24) is 0 Å². The van der Waals surface area contributed by atoms with E-state index in [4.69, 9.17) is 9.47 Å². The quantitative estimate of drug-likeness (QED) is 0.559. The van der Waals surface area contributed by atoms with Crippen molar-refractivity contribution in [2.45, 2.75) is 13.8 Å². The molecule has 0 atom stereocenters. The molecule has 3 nitrogen and oxygen atoms in total. The normalized spacial score (nSPS) is 10.2. The van der Waals surface area contributed by atoms with Crippen LogP contribution in [0.4, 0.5) is 0 Å². The summed E-state index contributed by atoms with van der Waals surface area (Å²) in [6.45, 7) is 3.58. The zero-order valence-electron chi connectivity index (χ0n) is 13.7. The summed E-state index contributed by atoms with van der Waals surface area (Å²) in [7, 11) is 0. The van der Waals surface area contributed by atoms with Crippen molar-refractivity contribution in [3.05, 3.63) is 83.9 Å². The van der Waals surface area contributed by atoms with Crippen molar-refractivity contribution in [3.8, 4) is 23.0 Å². The number of ketones is 1. The molecule has 0 heterocycles. The van der Waals surface area contributed by atoms with Gasteiger partial charge in [-0.3, -0.25) is 4.79 Å². The Morgan fingerprint density at radius 1 is 0.625 bits per heavy atom. The molecule has 0 unspecified atom stereocenters. The minimum absolute atomic E-state index is 0.0409. The van der Waals surface area contributed by atoms with E-state index >= 15 is 0 Å². The standard InChI is InChI=1S/C21H18O3/c1-15-3-7-18(8-4-15)23-20-11-13-21(14-12-20)24-19-9-5-17(6-10-19)16(2)22/h3-14H,1-2H3. The second kappa shape index (κ2) is 7.01. The Hall–Kier alpha value is -3.07. The van der Waals surface area contributed by atoms with Crippen LogP contribution < -0.4 is 9.47 Å². The van der Waals surface area contributed by atoms with Gasteiger partial charge in [0.15, 0.2) is 5.78 Å². The molecule has 0 saturated heterocycles. The van der Waals surface area contributed by atoms with Crippen LogP contribution in [0.1, 0.15) is 22.8 Å². The van der Waals surface area contributed by atoms with E-state index in [1.807, 2.05) is 55.5 Å². The van der Waals surface area contributed by atoms with Gasteiger partial charge in [0.05, 0.1) is 0 Å². The van der Waals surface area contributed by atoms with E-state index < -0.39 is 0 Å². The molecule has 0 spiro atoms. The zero-order chi connectivity index (χ0) is 16.9. The predicted molar refractivity (Wildman–Crippen MR) is 94.2 cm³/mol. The van der Waals surface area contributed by atoms with Crippen molar-refractivity contribution in [2.75, 3.05) is 0 Å². The van der Waals surface area contributed by atoms with Gasteiger partial charge in [-0.25, -0.2) is 0 Å². The Balaban J connectivity index is 1.65. The molecular weight excluding hydrogens is 300 g/mol. The highest BCUT2D eigenvalue weighted by molar-refractivity contribution is 5.94. The van der Waals surface area contributed by atoms with Gasteiger partial charge in [0.2, 0.25) is 0 Å². The summed E-state index contributed by atoms with van der Waals surface area (Å²) in [5.74, 6) is 2.99. The summed E-state index contributed by atoms with van der Waals surface area (Å²) >= 11 is 0. The molecule has 0 aliphatic carbocycles. The van der Waals surface area contributed by atoms with Crippen LogP contribution in [0.5, 0.6) is 23.0 Å². The van der Waals surface area contributed by atoms with E-state index in [-0.39, 0.29) is 5.78 Å². The summed E-state index contributed by atoms with van der Waals surface area (Å²) < 4.78 is 11.6. The van der Waals surface area contributed by atoms with Gasteiger partial charge in [0, 0.05) is 5.56 Å². The largest absolute Gasteiger partial charge is 0.457 e. The first kappa shape index (κ1) is 15.8. The lowest BCUT2D eigenvalue weighted by Crippen LogP contribution is -1.91. The van der Waals surface area contributed by atoms with Gasteiger partial charge in [0.25, 0.3) is 0 Å². The van der Waals surface area contributed by atoms with Gasteiger partial charge < -0.3 is 9.47 Å². The molecule has 0 aromatic heterocycles. The molecular formula is C21H18O3. The number of aryl methyl sites for hydroxylation is 1. The maximum Gasteiger partial charge on any atom is 0.159 e. The van der Waals surface area contributed by atoms with Crippen LogP contribution in [-0.4, -0.2) is 5.78 Å². The SMILES string of the molecule is CC(=O)c1ccc(Oc2ccc(Oc3ccc(C)cc3)cc2)cc1. The van der Waals surface area contributed by atoms with Crippen LogP contribution in [0, 0.1) is 6.92 Å². The highest BCUT2D eigenvalue weighted by atomic mass is 16.5. The molecule has 0 aliphatic heterocycles. The van der Waals surface area contributed by atoms with Crippen molar-refractivity contribution in [1.29, 1.82) is 0 Å². The predicted octanol–water partition coefficient (Wildman–Crippen LogP) is 5.78.